The number of nitriles is 1. The lowest BCUT2D eigenvalue weighted by atomic mass is 10.0. The number of nitrogens with one attached hydrogen (secondary N) is 1. The van der Waals surface area contributed by atoms with E-state index < -0.39 is 0 Å². The van der Waals surface area contributed by atoms with Gasteiger partial charge < -0.3 is 14.8 Å². The summed E-state index contributed by atoms with van der Waals surface area (Å²) < 4.78 is 10.9. The maximum atomic E-state index is 12.6. The van der Waals surface area contributed by atoms with Crippen LogP contribution in [0.4, 0.5) is 0 Å². The first-order valence-electron chi connectivity index (χ1n) is 8.71. The minimum absolute atomic E-state index is 0.157. The molecule has 0 aliphatic heterocycles. The van der Waals surface area contributed by atoms with Crippen molar-refractivity contribution in [1.29, 1.82) is 5.26 Å². The van der Waals surface area contributed by atoms with Crippen LogP contribution in [-0.2, 0) is 4.79 Å². The van der Waals surface area contributed by atoms with Crippen molar-refractivity contribution in [1.82, 2.24) is 5.32 Å². The monoisotopic (exact) mass is 392 g/mol. The second-order valence-electron chi connectivity index (χ2n) is 6.19. The zero-order chi connectivity index (χ0) is 19.9. The number of hydrogen-bond acceptors (Lipinski definition) is 5. The Morgan fingerprint density at radius 2 is 1.96 bits per heavy atom. The molecule has 3 rings (SSSR count). The first kappa shape index (κ1) is 19.5. The van der Waals surface area contributed by atoms with E-state index in [4.69, 9.17) is 14.7 Å². The third-order valence-electron chi connectivity index (χ3n) is 4.20. The Labute approximate surface area is 168 Å². The number of carbonyl (C=O) groups excluding carboxylic acids is 1. The van der Waals surface area contributed by atoms with Gasteiger partial charge in [0.2, 0.25) is 0 Å². The van der Waals surface area contributed by atoms with Crippen LogP contribution in [0.3, 0.4) is 0 Å². The quantitative estimate of drug-likeness (QED) is 0.653. The summed E-state index contributed by atoms with van der Waals surface area (Å²) in [5, 5.41) is 14.0. The molecule has 0 fully saturated rings. The molecule has 0 saturated carbocycles. The largest absolute Gasteiger partial charge is 0.493 e. The molecule has 0 radical (unpaired) electrons. The van der Waals surface area contributed by atoms with E-state index in [1.807, 2.05) is 54.8 Å². The smallest absolute Gasteiger partial charge is 0.258 e. The maximum absolute atomic E-state index is 12.6. The van der Waals surface area contributed by atoms with Gasteiger partial charge in [0.05, 0.1) is 24.8 Å². The molecule has 1 atom stereocenters. The Balaban J connectivity index is 1.71. The molecule has 0 aliphatic carbocycles. The molecule has 6 heteroatoms. The Morgan fingerprint density at radius 1 is 1.18 bits per heavy atom. The fourth-order valence-corrected chi connectivity index (χ4v) is 3.54. The Bertz CT molecular complexity index is 976. The molecule has 5 nitrogen and oxygen atoms in total. The fraction of sp³-hybridized carbons (Fsp3) is 0.182. The number of nitrogens with zero attached hydrogens (tertiary/aromatic N) is 1. The van der Waals surface area contributed by atoms with Crippen molar-refractivity contribution in [2.24, 2.45) is 0 Å². The number of thiophene rings is 1. The second kappa shape index (κ2) is 9.07. The van der Waals surface area contributed by atoms with Crippen molar-refractivity contribution < 1.29 is 14.3 Å². The average molecular weight is 392 g/mol. The molecule has 0 aliphatic rings. The molecular formula is C22H20N2O3S. The summed E-state index contributed by atoms with van der Waals surface area (Å²) in [6.07, 6.45) is 0. The summed E-state index contributed by atoms with van der Waals surface area (Å²) in [7, 11) is 1.49. The van der Waals surface area contributed by atoms with Crippen LogP contribution in [0, 0.1) is 18.3 Å². The Morgan fingerprint density at radius 3 is 2.61 bits per heavy atom. The minimum Gasteiger partial charge on any atom is -0.493 e. The van der Waals surface area contributed by atoms with Crippen molar-refractivity contribution in [2.45, 2.75) is 13.0 Å². The molecule has 28 heavy (non-hydrogen) atoms. The minimum atomic E-state index is -0.245. The first-order chi connectivity index (χ1) is 13.6. The van der Waals surface area contributed by atoms with E-state index in [1.54, 1.807) is 29.5 Å². The molecule has 1 N–H and O–H groups in total. The third kappa shape index (κ3) is 4.70. The van der Waals surface area contributed by atoms with Gasteiger partial charge in [0.1, 0.15) is 0 Å². The zero-order valence-electron chi connectivity index (χ0n) is 15.6. The molecule has 1 heterocycles. The topological polar surface area (TPSA) is 71.3 Å². The molecule has 0 saturated heterocycles. The van der Waals surface area contributed by atoms with Gasteiger partial charge in [-0.3, -0.25) is 4.79 Å². The van der Waals surface area contributed by atoms with E-state index >= 15 is 0 Å². The number of hydrogen-bond donors (Lipinski definition) is 1. The molecule has 2 aromatic carbocycles. The summed E-state index contributed by atoms with van der Waals surface area (Å²) >= 11 is 1.59. The van der Waals surface area contributed by atoms with E-state index in [0.717, 1.165) is 16.0 Å². The van der Waals surface area contributed by atoms with Crippen molar-refractivity contribution in [3.8, 4) is 17.6 Å². The zero-order valence-corrected chi connectivity index (χ0v) is 16.5. The van der Waals surface area contributed by atoms with Crippen LogP contribution < -0.4 is 14.8 Å². The molecule has 1 aromatic heterocycles. The highest BCUT2D eigenvalue weighted by molar-refractivity contribution is 7.10. The average Bonchev–Trinajstić information content (AvgIpc) is 3.25. The lowest BCUT2D eigenvalue weighted by molar-refractivity contribution is -0.123. The molecule has 1 unspecified atom stereocenters. The summed E-state index contributed by atoms with van der Waals surface area (Å²) in [4.78, 5) is 13.6. The van der Waals surface area contributed by atoms with Crippen LogP contribution >= 0.6 is 11.3 Å². The van der Waals surface area contributed by atoms with Crippen LogP contribution in [0.15, 0.2) is 60.0 Å². The van der Waals surface area contributed by atoms with Crippen LogP contribution in [0.25, 0.3) is 0 Å². The van der Waals surface area contributed by atoms with Gasteiger partial charge in [0.25, 0.3) is 5.91 Å². The predicted octanol–water partition coefficient (Wildman–Crippen LogP) is 4.22. The number of amides is 1. The van der Waals surface area contributed by atoms with Crippen molar-refractivity contribution in [3.63, 3.8) is 0 Å². The van der Waals surface area contributed by atoms with Gasteiger partial charge in [0, 0.05) is 10.9 Å². The molecule has 1 amide bonds. The van der Waals surface area contributed by atoms with Crippen molar-refractivity contribution in [3.05, 3.63) is 81.5 Å². The Kier molecular flexibility index (Phi) is 6.30. The van der Waals surface area contributed by atoms with Gasteiger partial charge in [-0.05, 0) is 36.1 Å². The van der Waals surface area contributed by atoms with Crippen LogP contribution in [0.5, 0.6) is 11.5 Å². The second-order valence-corrected chi connectivity index (χ2v) is 7.17. The summed E-state index contributed by atoms with van der Waals surface area (Å²) in [5.41, 5.74) is 2.64. The normalized spacial score (nSPS) is 11.3. The fourth-order valence-electron chi connectivity index (χ4n) is 2.74. The van der Waals surface area contributed by atoms with Crippen LogP contribution in [-0.4, -0.2) is 19.6 Å². The maximum Gasteiger partial charge on any atom is 0.258 e. The summed E-state index contributed by atoms with van der Waals surface area (Å²) in [6, 6.07) is 18.7. The highest BCUT2D eigenvalue weighted by atomic mass is 32.1. The molecule has 0 bridgehead atoms. The van der Waals surface area contributed by atoms with E-state index in [-0.39, 0.29) is 18.6 Å². The van der Waals surface area contributed by atoms with Gasteiger partial charge in [0.15, 0.2) is 18.1 Å². The third-order valence-corrected chi connectivity index (χ3v) is 5.13. The first-order valence-corrected chi connectivity index (χ1v) is 9.59. The van der Waals surface area contributed by atoms with E-state index in [9.17, 15) is 4.79 Å². The van der Waals surface area contributed by atoms with Crippen molar-refractivity contribution in [2.75, 3.05) is 13.7 Å². The summed E-state index contributed by atoms with van der Waals surface area (Å²) in [6.45, 7) is 1.87. The highest BCUT2D eigenvalue weighted by Gasteiger charge is 2.18. The van der Waals surface area contributed by atoms with E-state index in [1.165, 1.54) is 7.11 Å². The summed E-state index contributed by atoms with van der Waals surface area (Å²) in [5.74, 6) is 0.588. The van der Waals surface area contributed by atoms with Gasteiger partial charge in [-0.15, -0.1) is 11.3 Å². The van der Waals surface area contributed by atoms with Gasteiger partial charge in [-0.25, -0.2) is 0 Å². The van der Waals surface area contributed by atoms with Crippen LogP contribution in [0.1, 0.15) is 27.6 Å². The van der Waals surface area contributed by atoms with Crippen LogP contribution in [0.2, 0.25) is 0 Å². The van der Waals surface area contributed by atoms with E-state index in [2.05, 4.69) is 5.32 Å². The number of aryl methyl sites for hydroxylation is 1. The molecule has 0 spiro atoms. The van der Waals surface area contributed by atoms with E-state index in [0.29, 0.717) is 17.1 Å². The molecule has 142 valence electrons. The number of methoxy groups -OCH3 is 1. The standard InChI is InChI=1S/C22H20N2O3S/c1-15-5-8-17(9-6-15)22(20-4-3-11-28-20)24-21(25)14-27-18-10-7-16(13-23)12-19(18)26-2/h3-12,22H,14H2,1-2H3,(H,24,25). The van der Waals surface area contributed by atoms with Gasteiger partial charge in [-0.1, -0.05) is 35.9 Å². The van der Waals surface area contributed by atoms with Crippen molar-refractivity contribution >= 4 is 17.2 Å². The lowest BCUT2D eigenvalue weighted by Crippen LogP contribution is -2.33. The number of ether oxygens (including phenoxy) is 2. The predicted molar refractivity (Wildman–Crippen MR) is 109 cm³/mol. The van der Waals surface area contributed by atoms with Gasteiger partial charge >= 0.3 is 0 Å². The lowest BCUT2D eigenvalue weighted by Gasteiger charge is -2.19. The molecule has 3 aromatic rings. The number of benzene rings is 2. The SMILES string of the molecule is COc1cc(C#N)ccc1OCC(=O)NC(c1ccc(C)cc1)c1cccs1. The molecular weight excluding hydrogens is 372 g/mol. The highest BCUT2D eigenvalue weighted by Crippen LogP contribution is 2.28. The number of carbonyl (C=O) groups is 1. The number of rotatable bonds is 7. The Hall–Kier alpha value is -3.30. The van der Waals surface area contributed by atoms with Gasteiger partial charge in [-0.2, -0.15) is 5.26 Å².